The van der Waals surface area contributed by atoms with Gasteiger partial charge in [-0.3, -0.25) is 9.36 Å². The molecule has 1 heterocycles. The van der Waals surface area contributed by atoms with Gasteiger partial charge in [0.1, 0.15) is 33.6 Å². The summed E-state index contributed by atoms with van der Waals surface area (Å²) in [4.78, 5) is 16.2. The number of alkyl halides is 3. The third-order valence-electron chi connectivity index (χ3n) is 4.15. The first kappa shape index (κ1) is 21.8. The molecule has 0 aliphatic rings. The Morgan fingerprint density at radius 1 is 1.17 bits per heavy atom. The first-order valence-corrected chi connectivity index (χ1v) is 10.4. The molecule has 11 heteroatoms. The molecule has 3 rings (SSSR count). The van der Waals surface area contributed by atoms with Gasteiger partial charge in [-0.15, -0.1) is 0 Å². The number of hydrogen-bond acceptors (Lipinski definition) is 5. The van der Waals surface area contributed by atoms with Crippen LogP contribution in [0.4, 0.5) is 13.2 Å². The highest BCUT2D eigenvalue weighted by Gasteiger charge is 2.31. The summed E-state index contributed by atoms with van der Waals surface area (Å²) in [6.45, 7) is 0. The van der Waals surface area contributed by atoms with E-state index < -0.39 is 33.1 Å². The molecular weight excluding hydrogens is 445 g/mol. The Kier molecular flexibility index (Phi) is 5.91. The molecule has 0 saturated carbocycles. The molecular formula is C19H14ClF3N2O4S. The van der Waals surface area contributed by atoms with E-state index in [1.807, 2.05) is 0 Å². The van der Waals surface area contributed by atoms with Crippen molar-refractivity contribution in [2.75, 3.05) is 12.9 Å². The number of imidazole rings is 1. The van der Waals surface area contributed by atoms with Gasteiger partial charge in [0.15, 0.2) is 15.6 Å². The number of ether oxygens (including phenoxy) is 1. The average Bonchev–Trinajstić information content (AvgIpc) is 3.08. The van der Waals surface area contributed by atoms with Crippen molar-refractivity contribution in [2.45, 2.75) is 11.1 Å². The quantitative estimate of drug-likeness (QED) is 0.517. The van der Waals surface area contributed by atoms with Crippen LogP contribution in [-0.2, 0) is 16.0 Å². The van der Waals surface area contributed by atoms with Crippen molar-refractivity contribution in [3.63, 3.8) is 0 Å². The lowest BCUT2D eigenvalue weighted by atomic mass is 10.2. The van der Waals surface area contributed by atoms with Crippen LogP contribution in [0.1, 0.15) is 16.1 Å². The number of halogens is 4. The van der Waals surface area contributed by atoms with Gasteiger partial charge in [0.05, 0.1) is 12.7 Å². The van der Waals surface area contributed by atoms with E-state index >= 15 is 0 Å². The molecule has 1 aromatic heterocycles. The molecule has 0 aliphatic heterocycles. The largest absolute Gasteiger partial charge is 0.495 e. The van der Waals surface area contributed by atoms with Crippen molar-refractivity contribution >= 4 is 27.2 Å². The molecule has 0 unspecified atom stereocenters. The normalized spacial score (nSPS) is 12.0. The number of carbonyl (C=O) groups is 1. The van der Waals surface area contributed by atoms with Crippen molar-refractivity contribution in [1.82, 2.24) is 9.55 Å². The van der Waals surface area contributed by atoms with Gasteiger partial charge in [-0.25, -0.2) is 13.4 Å². The van der Waals surface area contributed by atoms with Gasteiger partial charge in [-0.1, -0.05) is 29.8 Å². The van der Waals surface area contributed by atoms with E-state index in [9.17, 15) is 26.4 Å². The SMILES string of the molecule is COc1ccccc1S(=O)(=O)CC(=O)c1ncn(-c2cccc(C(F)(F)F)c2)c1Cl. The number of Topliss-reactive ketones (excluding diaryl/α,β-unsaturated/α-hetero) is 1. The van der Waals surface area contributed by atoms with E-state index in [1.165, 1.54) is 37.4 Å². The number of benzene rings is 2. The number of methoxy groups -OCH3 is 1. The van der Waals surface area contributed by atoms with E-state index in [2.05, 4.69) is 4.98 Å². The number of carbonyl (C=O) groups excluding carboxylic acids is 1. The van der Waals surface area contributed by atoms with E-state index in [-0.39, 0.29) is 27.2 Å². The first-order valence-electron chi connectivity index (χ1n) is 8.34. The van der Waals surface area contributed by atoms with Crippen LogP contribution in [0.25, 0.3) is 5.69 Å². The summed E-state index contributed by atoms with van der Waals surface area (Å²) in [5.41, 5.74) is -1.25. The van der Waals surface area contributed by atoms with Crippen LogP contribution < -0.4 is 4.74 Å². The lowest BCUT2D eigenvalue weighted by Crippen LogP contribution is -2.18. The molecule has 0 radical (unpaired) electrons. The minimum Gasteiger partial charge on any atom is -0.495 e. The van der Waals surface area contributed by atoms with Crippen LogP contribution >= 0.6 is 11.6 Å². The van der Waals surface area contributed by atoms with Gasteiger partial charge in [-0.2, -0.15) is 13.2 Å². The molecule has 30 heavy (non-hydrogen) atoms. The number of hydrogen-bond donors (Lipinski definition) is 0. The molecule has 0 fully saturated rings. The smallest absolute Gasteiger partial charge is 0.416 e. The number of para-hydroxylation sites is 1. The third-order valence-corrected chi connectivity index (χ3v) is 6.16. The predicted octanol–water partition coefficient (Wildman–Crippen LogP) is 4.21. The average molecular weight is 459 g/mol. The summed E-state index contributed by atoms with van der Waals surface area (Å²) in [7, 11) is -2.78. The summed E-state index contributed by atoms with van der Waals surface area (Å²) in [5.74, 6) is -1.77. The van der Waals surface area contributed by atoms with Crippen LogP contribution in [0, 0.1) is 0 Å². The van der Waals surface area contributed by atoms with Gasteiger partial charge < -0.3 is 4.74 Å². The fourth-order valence-corrected chi connectivity index (χ4v) is 4.40. The Labute approximate surface area is 174 Å². The number of rotatable bonds is 6. The van der Waals surface area contributed by atoms with Gasteiger partial charge >= 0.3 is 6.18 Å². The molecule has 0 atom stereocenters. The Morgan fingerprint density at radius 2 is 1.87 bits per heavy atom. The zero-order valence-electron chi connectivity index (χ0n) is 15.4. The fraction of sp³-hybridized carbons (Fsp3) is 0.158. The van der Waals surface area contributed by atoms with Crippen molar-refractivity contribution in [2.24, 2.45) is 0 Å². The molecule has 0 bridgehead atoms. The predicted molar refractivity (Wildman–Crippen MR) is 103 cm³/mol. The Bertz CT molecular complexity index is 1210. The van der Waals surface area contributed by atoms with Crippen molar-refractivity contribution < 1.29 is 31.1 Å². The van der Waals surface area contributed by atoms with Gasteiger partial charge in [0, 0.05) is 5.69 Å². The van der Waals surface area contributed by atoms with Crippen LogP contribution in [0.3, 0.4) is 0 Å². The number of ketones is 1. The van der Waals surface area contributed by atoms with Crippen LogP contribution in [0.2, 0.25) is 5.15 Å². The molecule has 0 aliphatic carbocycles. The van der Waals surface area contributed by atoms with Crippen LogP contribution in [0.15, 0.2) is 59.8 Å². The summed E-state index contributed by atoms with van der Waals surface area (Å²) >= 11 is 6.13. The minimum atomic E-state index is -4.56. The Morgan fingerprint density at radius 3 is 2.53 bits per heavy atom. The summed E-state index contributed by atoms with van der Waals surface area (Å²) in [5, 5.41) is -0.297. The second kappa shape index (κ2) is 8.11. The monoisotopic (exact) mass is 458 g/mol. The Balaban J connectivity index is 1.92. The number of nitrogens with zero attached hydrogens (tertiary/aromatic N) is 2. The van der Waals surface area contributed by atoms with Crippen molar-refractivity contribution in [1.29, 1.82) is 0 Å². The van der Waals surface area contributed by atoms with Gasteiger partial charge in [-0.05, 0) is 30.3 Å². The van der Waals surface area contributed by atoms with Crippen molar-refractivity contribution in [3.05, 3.63) is 71.3 Å². The maximum atomic E-state index is 12.9. The third kappa shape index (κ3) is 4.34. The standard InChI is InChI=1S/C19H14ClF3N2O4S/c1-29-15-7-2-3-8-16(15)30(27,28)10-14(26)17-18(20)25(11-24-17)13-6-4-5-12(9-13)19(21,22)23/h2-9,11H,10H2,1H3. The summed E-state index contributed by atoms with van der Waals surface area (Å²) in [6, 6.07) is 10.1. The molecule has 6 nitrogen and oxygen atoms in total. The molecule has 0 amide bonds. The molecule has 0 N–H and O–H groups in total. The lowest BCUT2D eigenvalue weighted by molar-refractivity contribution is -0.137. The lowest BCUT2D eigenvalue weighted by Gasteiger charge is -2.10. The fourth-order valence-electron chi connectivity index (χ4n) is 2.73. The van der Waals surface area contributed by atoms with E-state index in [0.29, 0.717) is 0 Å². The first-order chi connectivity index (χ1) is 14.0. The van der Waals surface area contributed by atoms with Crippen LogP contribution in [-0.4, -0.2) is 36.6 Å². The zero-order valence-corrected chi connectivity index (χ0v) is 16.9. The van der Waals surface area contributed by atoms with Gasteiger partial charge in [0.2, 0.25) is 0 Å². The molecule has 2 aromatic carbocycles. The zero-order chi connectivity index (χ0) is 22.1. The highest BCUT2D eigenvalue weighted by atomic mass is 35.5. The Hall–Kier alpha value is -2.85. The van der Waals surface area contributed by atoms with Crippen molar-refractivity contribution in [3.8, 4) is 11.4 Å². The molecule has 3 aromatic rings. The topological polar surface area (TPSA) is 78.3 Å². The highest BCUT2D eigenvalue weighted by molar-refractivity contribution is 7.92. The molecule has 158 valence electrons. The number of aromatic nitrogens is 2. The maximum absolute atomic E-state index is 12.9. The van der Waals surface area contributed by atoms with E-state index in [0.717, 1.165) is 23.0 Å². The number of sulfone groups is 1. The van der Waals surface area contributed by atoms with E-state index in [4.69, 9.17) is 16.3 Å². The molecule has 0 saturated heterocycles. The van der Waals surface area contributed by atoms with E-state index in [1.54, 1.807) is 6.07 Å². The second-order valence-corrected chi connectivity index (χ2v) is 8.45. The van der Waals surface area contributed by atoms with Gasteiger partial charge in [0.25, 0.3) is 0 Å². The van der Waals surface area contributed by atoms with Crippen LogP contribution in [0.5, 0.6) is 5.75 Å². The maximum Gasteiger partial charge on any atom is 0.416 e. The minimum absolute atomic E-state index is 0.0222. The second-order valence-electron chi connectivity index (χ2n) is 6.14. The summed E-state index contributed by atoms with van der Waals surface area (Å²) in [6.07, 6.45) is -3.51. The molecule has 0 spiro atoms. The summed E-state index contributed by atoms with van der Waals surface area (Å²) < 4.78 is 70.2. The highest BCUT2D eigenvalue weighted by Crippen LogP contribution is 2.31.